The summed E-state index contributed by atoms with van der Waals surface area (Å²) < 4.78 is 16.9. The van der Waals surface area contributed by atoms with Crippen molar-refractivity contribution in [3.05, 3.63) is 0 Å². The van der Waals surface area contributed by atoms with Gasteiger partial charge in [-0.05, 0) is 19.3 Å². The van der Waals surface area contributed by atoms with Crippen molar-refractivity contribution in [1.29, 1.82) is 0 Å². The summed E-state index contributed by atoms with van der Waals surface area (Å²) in [5.74, 6) is -0.832. The van der Waals surface area contributed by atoms with Crippen LogP contribution in [0.1, 0.15) is 329 Å². The number of unbranched alkanes of at least 4 members (excludes halogenated alkanes) is 42. The molecule has 0 aliphatic carbocycles. The van der Waals surface area contributed by atoms with Gasteiger partial charge in [-0.2, -0.15) is 0 Å². The molecule has 0 aromatic heterocycles. The Balaban J connectivity index is 0. The van der Waals surface area contributed by atoms with Crippen LogP contribution in [0, 0.1) is 0 Å². The molecule has 0 aliphatic rings. The number of rotatable bonds is 53. The van der Waals surface area contributed by atoms with Gasteiger partial charge in [-0.3, -0.25) is 14.4 Å². The second-order valence-electron chi connectivity index (χ2n) is 19.6. The predicted molar refractivity (Wildman–Crippen MR) is 278 cm³/mol. The molecule has 0 radical (unpaired) electrons. The molecule has 0 amide bonds. The van der Waals surface area contributed by atoms with Crippen molar-refractivity contribution in [3.8, 4) is 0 Å². The van der Waals surface area contributed by atoms with Gasteiger partial charge in [0.25, 0.3) is 0 Å². The number of hydrogen-bond donors (Lipinski definition) is 0. The van der Waals surface area contributed by atoms with Crippen molar-refractivity contribution in [2.24, 2.45) is 0 Å². The number of carbonyl (C=O) groups excluding carboxylic acids is 3. The van der Waals surface area contributed by atoms with E-state index in [-0.39, 0.29) is 60.7 Å². The molecule has 0 fully saturated rings. The second kappa shape index (κ2) is 56.7. The van der Waals surface area contributed by atoms with Gasteiger partial charge in [0.05, 0.1) is 0 Å². The van der Waals surface area contributed by atoms with Crippen LogP contribution in [0.25, 0.3) is 0 Å². The number of esters is 3. The normalized spacial score (nSPS) is 11.2. The summed E-state index contributed by atoms with van der Waals surface area (Å²) in [6.07, 6.45) is 58.0. The summed E-state index contributed by atoms with van der Waals surface area (Å²) in [6.45, 7) is 6.71. The molecule has 0 bridgehead atoms. The minimum atomic E-state index is -0.760. The zero-order valence-corrected chi connectivity index (χ0v) is 42.9. The third-order valence-electron chi connectivity index (χ3n) is 13.1. The van der Waals surface area contributed by atoms with Crippen molar-refractivity contribution >= 4 is 47.5 Å². The van der Waals surface area contributed by atoms with Gasteiger partial charge in [-0.25, -0.2) is 0 Å². The van der Waals surface area contributed by atoms with Crippen LogP contribution in [-0.4, -0.2) is 66.8 Å². The van der Waals surface area contributed by atoms with Crippen LogP contribution in [0.5, 0.6) is 0 Å². The summed E-state index contributed by atoms with van der Waals surface area (Å²) in [6, 6.07) is 0. The van der Waals surface area contributed by atoms with E-state index in [2.05, 4.69) is 20.8 Å². The van der Waals surface area contributed by atoms with E-state index in [0.29, 0.717) is 19.3 Å². The van der Waals surface area contributed by atoms with Crippen molar-refractivity contribution < 1.29 is 28.6 Å². The summed E-state index contributed by atoms with van der Waals surface area (Å²) in [7, 11) is 0. The van der Waals surface area contributed by atoms with E-state index >= 15 is 0 Å². The molecular formula is C57H111NaO6. The average Bonchev–Trinajstić information content (AvgIpc) is 3.28. The van der Waals surface area contributed by atoms with Crippen LogP contribution in [0.4, 0.5) is 0 Å². The van der Waals surface area contributed by atoms with Gasteiger partial charge in [-0.1, -0.05) is 290 Å². The Morgan fingerprint density at radius 2 is 0.438 bits per heavy atom. The van der Waals surface area contributed by atoms with Gasteiger partial charge in [0.2, 0.25) is 0 Å². The molecule has 6 nitrogen and oxygen atoms in total. The van der Waals surface area contributed by atoms with E-state index in [0.717, 1.165) is 57.8 Å². The zero-order chi connectivity index (χ0) is 45.8. The zero-order valence-electron chi connectivity index (χ0n) is 42.9. The van der Waals surface area contributed by atoms with Crippen LogP contribution < -0.4 is 0 Å². The van der Waals surface area contributed by atoms with E-state index in [1.54, 1.807) is 0 Å². The van der Waals surface area contributed by atoms with Gasteiger partial charge in [0.1, 0.15) is 13.2 Å². The third kappa shape index (κ3) is 54.0. The second-order valence-corrected chi connectivity index (χ2v) is 19.6. The monoisotopic (exact) mass is 915 g/mol. The van der Waals surface area contributed by atoms with Crippen molar-refractivity contribution in [1.82, 2.24) is 0 Å². The Morgan fingerprint density at radius 3 is 0.641 bits per heavy atom. The summed E-state index contributed by atoms with van der Waals surface area (Å²) in [5, 5.41) is 0. The van der Waals surface area contributed by atoms with Gasteiger partial charge in [0, 0.05) is 19.3 Å². The van der Waals surface area contributed by atoms with E-state index in [4.69, 9.17) is 14.2 Å². The number of ether oxygens (including phenoxy) is 3. The predicted octanol–water partition coefficient (Wildman–Crippen LogP) is 18.1. The van der Waals surface area contributed by atoms with Crippen molar-refractivity contribution in [2.45, 2.75) is 335 Å². The molecule has 0 saturated heterocycles. The van der Waals surface area contributed by atoms with Gasteiger partial charge in [0.15, 0.2) is 6.10 Å². The van der Waals surface area contributed by atoms with Crippen LogP contribution in [0.3, 0.4) is 0 Å². The molecule has 0 unspecified atom stereocenters. The Hall–Kier alpha value is -0.590. The Bertz CT molecular complexity index is 893. The number of hydrogen-bond acceptors (Lipinski definition) is 6. The Morgan fingerprint density at radius 1 is 0.266 bits per heavy atom. The fourth-order valence-corrected chi connectivity index (χ4v) is 8.80. The van der Waals surface area contributed by atoms with Gasteiger partial charge < -0.3 is 14.2 Å². The Kier molecular flexibility index (Phi) is 58.1. The maximum absolute atomic E-state index is 12.8. The van der Waals surface area contributed by atoms with Crippen LogP contribution in [-0.2, 0) is 28.6 Å². The van der Waals surface area contributed by atoms with E-state index in [9.17, 15) is 14.4 Å². The Labute approximate surface area is 421 Å². The maximum atomic E-state index is 12.8. The van der Waals surface area contributed by atoms with Gasteiger partial charge >= 0.3 is 47.5 Å². The summed E-state index contributed by atoms with van der Waals surface area (Å²) in [5.41, 5.74) is 0. The standard InChI is InChI=1S/C57H110O6.Na.H/c1-4-7-10-13-16-19-22-25-28-31-34-37-40-43-46-49-55(58)61-52-54(63-57(60)51-48-45-42-39-36-33-30-27-24-21-18-15-12-9-6-3)53-62-56(59)50-47-44-41-38-35-32-29-26-23-20-17-14-11-8-5-2;;/h54H,4-53H2,1-3H3;;. The molecule has 0 heterocycles. The van der Waals surface area contributed by atoms with E-state index in [1.807, 2.05) is 0 Å². The molecule has 0 aromatic rings. The molecular weight excluding hydrogens is 804 g/mol. The molecule has 0 atom stereocenters. The molecule has 0 spiro atoms. The van der Waals surface area contributed by atoms with Crippen molar-refractivity contribution in [3.63, 3.8) is 0 Å². The molecule has 376 valence electrons. The van der Waals surface area contributed by atoms with Crippen molar-refractivity contribution in [2.75, 3.05) is 13.2 Å². The molecule has 0 aliphatic heterocycles. The quantitative estimate of drug-likeness (QED) is 0.0262. The first-order valence-corrected chi connectivity index (χ1v) is 28.5. The van der Waals surface area contributed by atoms with Crippen LogP contribution in [0.15, 0.2) is 0 Å². The summed E-state index contributed by atoms with van der Waals surface area (Å²) >= 11 is 0. The topological polar surface area (TPSA) is 78.9 Å². The first-order chi connectivity index (χ1) is 31.0. The fourth-order valence-electron chi connectivity index (χ4n) is 8.80. The SMILES string of the molecule is CCCCCCCCCCCCCCCCCC(=O)OCC(COC(=O)CCCCCCCCCCCCCCCCC)OC(=O)CCCCCCCCCCCCCCCCC.[NaH]. The summed E-state index contributed by atoms with van der Waals surface area (Å²) in [4.78, 5) is 38.1. The molecule has 0 saturated carbocycles. The molecule has 0 aromatic carbocycles. The average molecular weight is 915 g/mol. The third-order valence-corrected chi connectivity index (χ3v) is 13.1. The number of carbonyl (C=O) groups is 3. The van der Waals surface area contributed by atoms with E-state index in [1.165, 1.54) is 231 Å². The molecule has 7 heteroatoms. The molecule has 64 heavy (non-hydrogen) atoms. The van der Waals surface area contributed by atoms with Crippen LogP contribution >= 0.6 is 0 Å². The van der Waals surface area contributed by atoms with Gasteiger partial charge in [-0.15, -0.1) is 0 Å². The fraction of sp³-hybridized carbons (Fsp3) is 0.947. The molecule has 0 rings (SSSR count). The van der Waals surface area contributed by atoms with E-state index < -0.39 is 6.10 Å². The first kappa shape index (κ1) is 65.5. The van der Waals surface area contributed by atoms with Crippen LogP contribution in [0.2, 0.25) is 0 Å². The molecule has 0 N–H and O–H groups in total. The minimum absolute atomic E-state index is 0. The first-order valence-electron chi connectivity index (χ1n) is 28.5.